The Labute approximate surface area is 508 Å². The minimum absolute atomic E-state index is 0.000310. The number of halogens is 7. The van der Waals surface area contributed by atoms with Crippen LogP contribution in [0.3, 0.4) is 0 Å². The molecule has 4 aliphatic heterocycles. The van der Waals surface area contributed by atoms with Gasteiger partial charge in [-0.25, -0.2) is 45.7 Å². The van der Waals surface area contributed by atoms with Crippen molar-refractivity contribution in [3.63, 3.8) is 0 Å². The Bertz CT molecular complexity index is 3950. The molecule has 4 aliphatic rings. The largest absolute Gasteiger partial charge is 0.389 e. The Balaban J connectivity index is 0.000000171. The number of likely N-dealkylation sites (tertiary alicyclic amines) is 2. The van der Waals surface area contributed by atoms with E-state index in [1.165, 1.54) is 29.2 Å². The van der Waals surface area contributed by atoms with E-state index < -0.39 is 41.0 Å². The van der Waals surface area contributed by atoms with Crippen molar-refractivity contribution in [3.05, 3.63) is 105 Å². The first-order valence-electron chi connectivity index (χ1n) is 27.8. The summed E-state index contributed by atoms with van der Waals surface area (Å²) in [7, 11) is 3.52. The minimum Gasteiger partial charge on any atom is -0.389 e. The standard InChI is InChI=1S/C29H29F3N8O2S.C24H22F3N7S.C5H8ClNO2/c1-3-40-28(36(2)29-34-26(24(13-33)43-29)17-4-5-21(30)22(31)10-17)20-11-18(12-23(32)27(20)35-40)38-8-6-37(7-9-38)16-25(42)39-14-19(41)15-39;1-3-34-23(16-11-15(12-19(27)22(16)31-34)33-8-6-29-7-9-33)32(2)24-30-21(20(13-28)35-24)14-4-5-17(25)18(26)10-14;6-1-5(9)7-2-4(8)3-7/h4-5,10-12,19,41H,3,6-9,14-16H2,1-2H3;4-5,10-12,29H,3,6-9H2,1-2H3;4,8H,1-3H2. The fourth-order valence-electron chi connectivity index (χ4n) is 10.5. The highest BCUT2D eigenvalue weighted by Gasteiger charge is 2.32. The predicted octanol–water partition coefficient (Wildman–Crippen LogP) is 7.64. The molecule has 20 nitrogen and oxygen atoms in total. The van der Waals surface area contributed by atoms with Gasteiger partial charge in [-0.1, -0.05) is 22.7 Å². The fourth-order valence-corrected chi connectivity index (χ4v) is 12.4. The average Bonchev–Trinajstić information content (AvgIpc) is 1.72. The van der Waals surface area contributed by atoms with Crippen molar-refractivity contribution < 1.29 is 46.1 Å². The van der Waals surface area contributed by atoms with Crippen LogP contribution in [0.1, 0.15) is 23.6 Å². The molecular weight excluding hydrogens is 1200 g/mol. The van der Waals surface area contributed by atoms with Crippen molar-refractivity contribution in [2.45, 2.75) is 39.1 Å². The number of benzene rings is 4. The zero-order valence-electron chi connectivity index (χ0n) is 47.6. The molecule has 0 spiro atoms. The molecule has 0 unspecified atom stereocenters. The molecule has 456 valence electrons. The van der Waals surface area contributed by atoms with E-state index in [4.69, 9.17) is 16.7 Å². The maximum absolute atomic E-state index is 15.5. The van der Waals surface area contributed by atoms with Crippen LogP contribution < -0.4 is 24.9 Å². The van der Waals surface area contributed by atoms with Crippen LogP contribution in [-0.4, -0.2) is 184 Å². The molecule has 0 radical (unpaired) electrons. The van der Waals surface area contributed by atoms with E-state index in [0.717, 1.165) is 78.8 Å². The van der Waals surface area contributed by atoms with E-state index in [0.29, 0.717) is 109 Å². The molecule has 0 saturated carbocycles. The number of nitrogens with zero attached hydrogens (tertiary/aromatic N) is 15. The number of β-amino-alcohol motifs (C(OH)–C–C–N with tert-alkyl or cyclic N) is 2. The number of nitrogens with one attached hydrogen (secondary N) is 1. The highest BCUT2D eigenvalue weighted by atomic mass is 35.5. The topological polar surface area (TPSA) is 218 Å². The number of fused-ring (bicyclic) bond motifs is 2. The maximum atomic E-state index is 15.5. The van der Waals surface area contributed by atoms with Gasteiger partial charge in [0.05, 0.1) is 18.8 Å². The van der Waals surface area contributed by atoms with E-state index in [2.05, 4.69) is 52.3 Å². The molecule has 29 heteroatoms. The molecule has 4 aromatic heterocycles. The number of aliphatic hydroxyl groups excluding tert-OH is 2. The van der Waals surface area contributed by atoms with Crippen molar-refractivity contribution in [2.24, 2.45) is 0 Å². The number of aryl methyl sites for hydroxylation is 2. The van der Waals surface area contributed by atoms with Gasteiger partial charge in [0, 0.05) is 139 Å². The normalized spacial score (nSPS) is 15.5. The van der Waals surface area contributed by atoms with E-state index in [-0.39, 0.29) is 68.1 Å². The van der Waals surface area contributed by atoms with Gasteiger partial charge >= 0.3 is 0 Å². The number of carbonyl (C=O) groups excluding carboxylic acids is 2. The van der Waals surface area contributed by atoms with Gasteiger partial charge < -0.3 is 44.9 Å². The van der Waals surface area contributed by atoms with Gasteiger partial charge in [-0.3, -0.25) is 14.5 Å². The number of piperazine rings is 2. The summed E-state index contributed by atoms with van der Waals surface area (Å²) < 4.78 is 88.8. The Kier molecular flexibility index (Phi) is 18.9. The quantitative estimate of drug-likeness (QED) is 0.0746. The van der Waals surface area contributed by atoms with Crippen LogP contribution in [0.5, 0.6) is 0 Å². The van der Waals surface area contributed by atoms with Crippen LogP contribution in [0.4, 0.5) is 59.6 Å². The van der Waals surface area contributed by atoms with E-state index in [1.807, 2.05) is 26.0 Å². The predicted molar refractivity (Wildman–Crippen MR) is 321 cm³/mol. The first kappa shape index (κ1) is 62.0. The van der Waals surface area contributed by atoms with Gasteiger partial charge in [-0.05, 0) is 74.5 Å². The molecule has 0 atom stereocenters. The number of hydrogen-bond donors (Lipinski definition) is 3. The SMILES string of the molecule is CCn1nc2c(F)cc(N3CCN(CC(=O)N4CC(O)C4)CC3)cc2c1N(C)c1nc(-c2ccc(F)c(F)c2)c(C#N)s1.CCn1nc2c(F)cc(N3CCNCC3)cc2c1N(C)c1nc(-c2ccc(F)c(F)c2)c(C#N)s1.O=C(CCl)N1CC(O)C1. The lowest BCUT2D eigenvalue weighted by Crippen LogP contribution is -2.57. The summed E-state index contributed by atoms with van der Waals surface area (Å²) in [6.45, 7) is 12.3. The van der Waals surface area contributed by atoms with Crippen LogP contribution >= 0.6 is 34.3 Å². The summed E-state index contributed by atoms with van der Waals surface area (Å²) in [4.78, 5) is 45.6. The lowest BCUT2D eigenvalue weighted by atomic mass is 10.1. The molecular formula is C58H59ClF6N16O4S2. The summed E-state index contributed by atoms with van der Waals surface area (Å²) in [5.74, 6) is -3.75. The summed E-state index contributed by atoms with van der Waals surface area (Å²) >= 11 is 7.44. The number of anilines is 6. The van der Waals surface area contributed by atoms with Gasteiger partial charge in [0.15, 0.2) is 45.2 Å². The Morgan fingerprint density at radius 2 is 1.05 bits per heavy atom. The van der Waals surface area contributed by atoms with Crippen molar-refractivity contribution in [1.29, 1.82) is 10.5 Å². The Morgan fingerprint density at radius 1 is 0.621 bits per heavy atom. The first-order valence-corrected chi connectivity index (χ1v) is 30.0. The number of nitriles is 2. The highest BCUT2D eigenvalue weighted by Crippen LogP contribution is 2.42. The minimum atomic E-state index is -1.04. The van der Waals surface area contributed by atoms with Gasteiger partial charge in [0.2, 0.25) is 11.8 Å². The lowest BCUT2D eigenvalue weighted by molar-refractivity contribution is -0.142. The van der Waals surface area contributed by atoms with Crippen LogP contribution in [0, 0.1) is 57.6 Å². The molecule has 12 rings (SSSR count). The molecule has 4 aromatic carbocycles. The van der Waals surface area contributed by atoms with Crippen LogP contribution in [0.2, 0.25) is 0 Å². The lowest BCUT2D eigenvalue weighted by Gasteiger charge is -2.39. The molecule has 0 bridgehead atoms. The molecule has 4 saturated heterocycles. The van der Waals surface area contributed by atoms with Crippen molar-refractivity contribution in [2.75, 3.05) is 125 Å². The summed E-state index contributed by atoms with van der Waals surface area (Å²) in [6.07, 6.45) is -0.755. The Morgan fingerprint density at radius 3 is 1.44 bits per heavy atom. The van der Waals surface area contributed by atoms with Gasteiger partial charge in [-0.15, -0.1) is 11.6 Å². The van der Waals surface area contributed by atoms with Crippen molar-refractivity contribution in [3.8, 4) is 34.7 Å². The number of aromatic nitrogens is 6. The average molecular weight is 1260 g/mol. The van der Waals surface area contributed by atoms with Crippen molar-refractivity contribution in [1.82, 2.24) is 49.5 Å². The van der Waals surface area contributed by atoms with Gasteiger partial charge in [0.1, 0.15) is 61.8 Å². The highest BCUT2D eigenvalue weighted by molar-refractivity contribution is 7.17. The Hall–Kier alpha value is -8.09. The third-order valence-electron chi connectivity index (χ3n) is 15.3. The zero-order valence-corrected chi connectivity index (χ0v) is 50.0. The van der Waals surface area contributed by atoms with Crippen LogP contribution in [0.25, 0.3) is 44.3 Å². The maximum Gasteiger partial charge on any atom is 0.237 e. The number of amides is 2. The summed E-state index contributed by atoms with van der Waals surface area (Å²) in [6, 6.07) is 17.8. The molecule has 2 amide bonds. The zero-order chi connectivity index (χ0) is 62.0. The fraction of sp³-hybridized carbons (Fsp3) is 0.379. The van der Waals surface area contributed by atoms with E-state index in [1.54, 1.807) is 38.2 Å². The second-order valence-electron chi connectivity index (χ2n) is 20.9. The van der Waals surface area contributed by atoms with Gasteiger partial charge in [-0.2, -0.15) is 20.7 Å². The molecule has 3 N–H and O–H groups in total. The number of rotatable bonds is 13. The number of thiazole rings is 2. The number of hydrogen-bond acceptors (Lipinski definition) is 18. The first-order chi connectivity index (χ1) is 41.8. The molecule has 8 aromatic rings. The molecule has 4 fully saturated rings. The second kappa shape index (κ2) is 26.5. The third kappa shape index (κ3) is 13.0. The van der Waals surface area contributed by atoms with Gasteiger partial charge in [0.25, 0.3) is 0 Å². The number of aliphatic hydroxyl groups is 2. The smallest absolute Gasteiger partial charge is 0.237 e. The third-order valence-corrected chi connectivity index (χ3v) is 17.6. The summed E-state index contributed by atoms with van der Waals surface area (Å²) in [5.41, 5.74) is 2.99. The molecule has 0 aliphatic carbocycles. The summed E-state index contributed by atoms with van der Waals surface area (Å²) in [5, 5.41) is 52.0. The molecule has 8 heterocycles. The number of carbonyl (C=O) groups is 2. The van der Waals surface area contributed by atoms with Crippen LogP contribution in [0.15, 0.2) is 60.7 Å². The van der Waals surface area contributed by atoms with Crippen LogP contribution in [-0.2, 0) is 22.7 Å². The second-order valence-corrected chi connectivity index (χ2v) is 23.1. The monoisotopic (exact) mass is 1260 g/mol. The number of alkyl halides is 1. The van der Waals surface area contributed by atoms with E-state index in [9.17, 15) is 42.8 Å². The molecule has 87 heavy (non-hydrogen) atoms. The van der Waals surface area contributed by atoms with Crippen molar-refractivity contribution >= 4 is 101 Å². The van der Waals surface area contributed by atoms with E-state index >= 15 is 8.78 Å².